The predicted octanol–water partition coefficient (Wildman–Crippen LogP) is 10.9. The zero-order chi connectivity index (χ0) is 53.3. The molecule has 1 aromatic heterocycles. The molecule has 73 heavy (non-hydrogen) atoms. The highest BCUT2D eigenvalue weighted by Gasteiger charge is 2.52. The van der Waals surface area contributed by atoms with E-state index in [-0.39, 0.29) is 11.7 Å². The predicted molar refractivity (Wildman–Crippen MR) is 219 cm³/mol. The Morgan fingerprint density at radius 3 is 0.904 bits per heavy atom. The first-order chi connectivity index (χ1) is 34.5. The summed E-state index contributed by atoms with van der Waals surface area (Å²) in [5.41, 5.74) is -7.00. The minimum Gasteiger partial charge on any atom is -0.287 e. The molecule has 1 aliphatic rings. The van der Waals surface area contributed by atoms with Gasteiger partial charge in [0, 0.05) is 23.6 Å². The number of aromatic nitrogens is 1. The van der Waals surface area contributed by atoms with Crippen molar-refractivity contribution in [3.63, 3.8) is 0 Å². The first kappa shape index (κ1) is 51.4. The Bertz CT molecular complexity index is 3150. The average molecular weight is 1040 g/mol. The normalized spacial score (nSPS) is 12.2. The number of nitrogens with zero attached hydrogens (tertiary/aromatic N) is 1. The second-order valence-electron chi connectivity index (χ2n) is 16.0. The van der Waals surface area contributed by atoms with Crippen LogP contribution in [0.4, 0.5) is 87.8 Å². The molecule has 0 amide bonds. The minimum atomic E-state index is -7.22. The van der Waals surface area contributed by atoms with Crippen molar-refractivity contribution in [3.8, 4) is 11.1 Å². The highest BCUT2D eigenvalue weighted by Crippen LogP contribution is 2.47. The van der Waals surface area contributed by atoms with Crippen LogP contribution in [0.2, 0.25) is 0 Å². The summed E-state index contributed by atoms with van der Waals surface area (Å²) in [6.45, 7) is 0.349. The van der Waals surface area contributed by atoms with Crippen molar-refractivity contribution in [1.82, 2.24) is 0 Å². The number of carbonyl (C=O) groups excluding carboxylic acids is 1. The Labute approximate surface area is 395 Å². The Kier molecular flexibility index (Phi) is 13.5. The molecule has 0 aliphatic heterocycles. The van der Waals surface area contributed by atoms with E-state index in [1.54, 1.807) is 0 Å². The van der Waals surface area contributed by atoms with Gasteiger partial charge in [0.25, 0.3) is 0 Å². The van der Waals surface area contributed by atoms with Gasteiger partial charge in [-0.2, -0.15) is 4.57 Å². The van der Waals surface area contributed by atoms with Crippen LogP contribution < -0.4 is 26.4 Å². The minimum absolute atomic E-state index is 0.120. The number of fused-ring (bicyclic) bond motifs is 3. The van der Waals surface area contributed by atoms with Crippen molar-refractivity contribution < 1.29 is 97.2 Å². The van der Waals surface area contributed by atoms with Crippen LogP contribution in [0.25, 0.3) is 11.1 Å². The van der Waals surface area contributed by atoms with E-state index in [9.17, 15) is 57.5 Å². The molecule has 0 saturated heterocycles. The van der Waals surface area contributed by atoms with Crippen molar-refractivity contribution in [3.05, 3.63) is 242 Å². The lowest BCUT2D eigenvalue weighted by atomic mass is 9.12. The number of benzene rings is 7. The van der Waals surface area contributed by atoms with E-state index in [0.29, 0.717) is 6.54 Å². The van der Waals surface area contributed by atoms with Crippen LogP contribution >= 0.6 is 0 Å². The van der Waals surface area contributed by atoms with Crippen molar-refractivity contribution in [2.24, 2.45) is 0 Å². The Hall–Kier alpha value is -7.98. The fourth-order valence-electron chi connectivity index (χ4n) is 9.04. The fraction of sp³-hybridized carbons (Fsp3) is 0.0400. The molecule has 0 atom stereocenters. The van der Waals surface area contributed by atoms with Crippen LogP contribution in [0.15, 0.2) is 103 Å². The van der Waals surface area contributed by atoms with Crippen LogP contribution in [-0.2, 0) is 6.54 Å². The number of hydrogen-bond donors (Lipinski definition) is 0. The van der Waals surface area contributed by atoms with E-state index < -0.39 is 144 Å². The molecule has 0 saturated carbocycles. The third-order valence-electron chi connectivity index (χ3n) is 12.2. The maximum atomic E-state index is 15.4. The topological polar surface area (TPSA) is 20.9 Å². The van der Waals surface area contributed by atoms with Gasteiger partial charge in [0.15, 0.2) is 82.2 Å². The summed E-state index contributed by atoms with van der Waals surface area (Å²) in [6, 6.07) is 31.0. The molecule has 0 radical (unpaired) electrons. The van der Waals surface area contributed by atoms with Gasteiger partial charge < -0.3 is 0 Å². The molecule has 0 unspecified atom stereocenters. The number of rotatable bonds is 8. The summed E-state index contributed by atoms with van der Waals surface area (Å²) in [5.74, 6) is -71.0. The van der Waals surface area contributed by atoms with E-state index in [0.717, 1.165) is 5.56 Å². The summed E-state index contributed by atoms with van der Waals surface area (Å²) in [6.07, 6.45) is -3.19. The van der Waals surface area contributed by atoms with E-state index in [4.69, 9.17) is 0 Å². The van der Waals surface area contributed by atoms with Gasteiger partial charge in [-0.1, -0.05) is 78.9 Å². The lowest BCUT2D eigenvalue weighted by Gasteiger charge is -2.44. The molecule has 0 N–H and O–H groups in total. The molecule has 8 aromatic rings. The molecule has 0 bridgehead atoms. The van der Waals surface area contributed by atoms with E-state index in [1.165, 1.54) is 27.8 Å². The summed E-state index contributed by atoms with van der Waals surface area (Å²) in [4.78, 5) is 12.5. The van der Waals surface area contributed by atoms with Gasteiger partial charge in [-0.25, -0.2) is 87.8 Å². The molecule has 374 valence electrons. The molecular weight excluding hydrogens is 1020 g/mol. The van der Waals surface area contributed by atoms with Gasteiger partial charge in [0.2, 0.25) is 12.3 Å². The van der Waals surface area contributed by atoms with Crippen LogP contribution in [0.1, 0.15) is 33.0 Å². The molecule has 1 heterocycles. The third kappa shape index (κ3) is 7.95. The van der Waals surface area contributed by atoms with Gasteiger partial charge in [0.1, 0.15) is 52.7 Å². The van der Waals surface area contributed by atoms with Crippen molar-refractivity contribution in [2.75, 3.05) is 0 Å². The monoisotopic (exact) mass is 1040 g/mol. The van der Waals surface area contributed by atoms with Gasteiger partial charge in [-0.3, -0.25) is 4.79 Å². The number of Topliss-reactive ketones (excluding diaryl/α,β-unsaturated/α-hetero) is 1. The summed E-state index contributed by atoms with van der Waals surface area (Å²) in [5, 5.41) is 0. The van der Waals surface area contributed by atoms with Crippen LogP contribution in [0.5, 0.6) is 0 Å². The van der Waals surface area contributed by atoms with Crippen molar-refractivity contribution in [1.29, 1.82) is 0 Å². The average Bonchev–Trinajstić information content (AvgIpc) is 3.73. The quantitative estimate of drug-likeness (QED) is 0.0371. The van der Waals surface area contributed by atoms with Crippen LogP contribution in [-0.4, -0.2) is 11.9 Å². The van der Waals surface area contributed by atoms with Gasteiger partial charge in [0.05, 0.1) is 0 Å². The molecule has 1 aliphatic carbocycles. The smallest absolute Gasteiger partial charge is 0.227 e. The molecule has 23 heteroatoms. The van der Waals surface area contributed by atoms with E-state index in [1.807, 2.05) is 47.3 Å². The standard InChI is InChI=1S/C26H20NO.C24BF20/c28-25(19-8-2-1-3-9-19)18-27-16-14-20(15-17-27)26-23-12-6-4-10-21(23)22-11-5-7-13-24(22)26;26-5-1(6(27)14(35)21(42)13(5)34)25(2-7(28)15(36)22(43)16(37)8(2)29,3-9(30)17(38)23(44)18(39)10(3)31)4-11(32)19(40)24(45)20(41)12(4)33/h1-17,26H,18H2;/q+1;-1. The molecule has 9 rings (SSSR count). The Morgan fingerprint density at radius 1 is 0.342 bits per heavy atom. The van der Waals surface area contributed by atoms with E-state index in [2.05, 4.69) is 60.7 Å². The SMILES string of the molecule is Fc1c(F)c(F)c([B-](c2c(F)c(F)c(F)c(F)c2F)(c2c(F)c(F)c(F)c(F)c2F)c2c(F)c(F)c(F)c(F)c2F)c(F)c1F.O=C(C[n+]1ccc(C2c3ccccc3-c3ccccc32)cc1)c1ccccc1. The van der Waals surface area contributed by atoms with Crippen molar-refractivity contribution in [2.45, 2.75) is 12.5 Å². The zero-order valence-electron chi connectivity index (χ0n) is 35.6. The first-order valence-corrected chi connectivity index (χ1v) is 20.5. The number of carbonyl (C=O) groups is 1. The summed E-state index contributed by atoms with van der Waals surface area (Å²) < 4.78 is 296. The number of hydrogen-bond acceptors (Lipinski definition) is 1. The molecule has 0 fully saturated rings. The summed E-state index contributed by atoms with van der Waals surface area (Å²) in [7, 11) is 0. The van der Waals surface area contributed by atoms with Crippen LogP contribution in [0.3, 0.4) is 0 Å². The highest BCUT2D eigenvalue weighted by molar-refractivity contribution is 7.20. The van der Waals surface area contributed by atoms with Gasteiger partial charge in [-0.15, -0.1) is 21.9 Å². The lowest BCUT2D eigenvalue weighted by Crippen LogP contribution is -2.81. The molecule has 2 nitrogen and oxygen atoms in total. The molecular formula is C50H20BF20NO. The van der Waals surface area contributed by atoms with E-state index >= 15 is 35.1 Å². The van der Waals surface area contributed by atoms with Gasteiger partial charge >= 0.3 is 0 Å². The number of halogens is 20. The highest BCUT2D eigenvalue weighted by atomic mass is 19.2. The van der Waals surface area contributed by atoms with Crippen LogP contribution in [0, 0.1) is 116 Å². The maximum Gasteiger partial charge on any atom is 0.227 e. The molecule has 7 aromatic carbocycles. The first-order valence-electron chi connectivity index (χ1n) is 20.5. The van der Waals surface area contributed by atoms with Crippen molar-refractivity contribution >= 4 is 33.8 Å². The Morgan fingerprint density at radius 2 is 0.603 bits per heavy atom. The molecule has 0 spiro atoms. The second kappa shape index (κ2) is 19.2. The number of ketones is 1. The summed E-state index contributed by atoms with van der Waals surface area (Å²) >= 11 is 0. The van der Waals surface area contributed by atoms with Gasteiger partial charge in [-0.05, 0) is 27.8 Å². The second-order valence-corrected chi connectivity index (χ2v) is 16.0. The third-order valence-corrected chi connectivity index (χ3v) is 12.2. The largest absolute Gasteiger partial charge is 0.287 e. The lowest BCUT2D eigenvalue weighted by molar-refractivity contribution is -0.683. The maximum absolute atomic E-state index is 15.4. The zero-order valence-corrected chi connectivity index (χ0v) is 35.6. The fourth-order valence-corrected chi connectivity index (χ4v) is 9.04. The number of pyridine rings is 1. The Balaban J connectivity index is 0.000000216.